The van der Waals surface area contributed by atoms with Gasteiger partial charge in [-0.05, 0) is 44.8 Å². The van der Waals surface area contributed by atoms with E-state index in [1.54, 1.807) is 12.4 Å². The van der Waals surface area contributed by atoms with Crippen LogP contribution in [0.5, 0.6) is 5.75 Å². The molecule has 0 aliphatic rings. The average Bonchev–Trinajstić information content (AvgIpc) is 2.60. The molecule has 2 rings (SSSR count). The molecule has 1 aromatic heterocycles. The molecule has 2 aromatic rings. The molecule has 128 valence electrons. The molecule has 0 aliphatic carbocycles. The first-order valence-electron chi connectivity index (χ1n) is 8.13. The highest BCUT2D eigenvalue weighted by Gasteiger charge is 2.10. The van der Waals surface area contributed by atoms with E-state index in [1.165, 1.54) is 0 Å². The minimum Gasteiger partial charge on any atom is -0.489 e. The highest BCUT2D eigenvalue weighted by atomic mass is 16.5. The minimum atomic E-state index is 0.478. The molecule has 5 nitrogen and oxygen atoms in total. The van der Waals surface area contributed by atoms with Gasteiger partial charge < -0.3 is 15.5 Å². The van der Waals surface area contributed by atoms with Crippen molar-refractivity contribution >= 4 is 5.71 Å². The van der Waals surface area contributed by atoms with Gasteiger partial charge in [-0.15, -0.1) is 0 Å². The Morgan fingerprint density at radius 3 is 2.88 bits per heavy atom. The van der Waals surface area contributed by atoms with Gasteiger partial charge in [0.1, 0.15) is 12.4 Å². The van der Waals surface area contributed by atoms with Crippen molar-refractivity contribution in [2.75, 3.05) is 33.7 Å². The Bertz CT molecular complexity index is 658. The van der Waals surface area contributed by atoms with E-state index in [9.17, 15) is 0 Å². The van der Waals surface area contributed by atoms with Crippen molar-refractivity contribution in [3.63, 3.8) is 0 Å². The van der Waals surface area contributed by atoms with Crippen LogP contribution in [0.3, 0.4) is 0 Å². The van der Waals surface area contributed by atoms with E-state index in [0.29, 0.717) is 18.9 Å². The van der Waals surface area contributed by atoms with Crippen molar-refractivity contribution in [1.29, 1.82) is 5.41 Å². The summed E-state index contributed by atoms with van der Waals surface area (Å²) in [6.45, 7) is 4.95. The van der Waals surface area contributed by atoms with Gasteiger partial charge in [-0.1, -0.05) is 12.1 Å². The number of benzene rings is 1. The zero-order valence-corrected chi connectivity index (χ0v) is 14.7. The molecule has 0 spiro atoms. The van der Waals surface area contributed by atoms with Crippen LogP contribution in [0.15, 0.2) is 42.7 Å². The SMILES string of the molecule is CNCCN(C)CC(=N)c1cc(OCc2cccnc2)ccc1C. The van der Waals surface area contributed by atoms with Gasteiger partial charge in [0.15, 0.2) is 0 Å². The highest BCUT2D eigenvalue weighted by Crippen LogP contribution is 2.19. The maximum Gasteiger partial charge on any atom is 0.120 e. The molecule has 1 aromatic carbocycles. The van der Waals surface area contributed by atoms with Gasteiger partial charge in [-0.25, -0.2) is 0 Å². The second-order valence-corrected chi connectivity index (χ2v) is 5.95. The van der Waals surface area contributed by atoms with Gasteiger partial charge >= 0.3 is 0 Å². The van der Waals surface area contributed by atoms with Crippen molar-refractivity contribution in [1.82, 2.24) is 15.2 Å². The van der Waals surface area contributed by atoms with Crippen LogP contribution in [0.25, 0.3) is 0 Å². The number of nitrogens with one attached hydrogen (secondary N) is 2. The lowest BCUT2D eigenvalue weighted by Gasteiger charge is -2.18. The number of rotatable bonds is 9. The van der Waals surface area contributed by atoms with E-state index in [2.05, 4.69) is 15.2 Å². The summed E-state index contributed by atoms with van der Waals surface area (Å²) in [5.74, 6) is 0.780. The summed E-state index contributed by atoms with van der Waals surface area (Å²) in [5.41, 5.74) is 3.67. The quantitative estimate of drug-likeness (QED) is 0.695. The molecular formula is C19H26N4O. The molecule has 0 amide bonds. The van der Waals surface area contributed by atoms with Crippen molar-refractivity contribution in [2.45, 2.75) is 13.5 Å². The molecule has 24 heavy (non-hydrogen) atoms. The predicted molar refractivity (Wildman–Crippen MR) is 98.0 cm³/mol. The van der Waals surface area contributed by atoms with Crippen LogP contribution in [0.2, 0.25) is 0 Å². The van der Waals surface area contributed by atoms with Crippen molar-refractivity contribution in [3.05, 3.63) is 59.4 Å². The van der Waals surface area contributed by atoms with Crippen LogP contribution in [0.1, 0.15) is 16.7 Å². The fourth-order valence-corrected chi connectivity index (χ4v) is 2.40. The van der Waals surface area contributed by atoms with Gasteiger partial charge in [-0.2, -0.15) is 0 Å². The number of likely N-dealkylation sites (N-methyl/N-ethyl adjacent to an activating group) is 2. The summed E-state index contributed by atoms with van der Waals surface area (Å²) in [5, 5.41) is 11.5. The number of ether oxygens (including phenoxy) is 1. The Labute approximate surface area is 144 Å². The number of aromatic nitrogens is 1. The summed E-state index contributed by atoms with van der Waals surface area (Å²) >= 11 is 0. The first-order valence-corrected chi connectivity index (χ1v) is 8.13. The van der Waals surface area contributed by atoms with Crippen LogP contribution in [-0.2, 0) is 6.61 Å². The number of pyridine rings is 1. The summed E-state index contributed by atoms with van der Waals surface area (Å²) in [6.07, 6.45) is 3.55. The van der Waals surface area contributed by atoms with E-state index in [1.807, 2.05) is 51.4 Å². The minimum absolute atomic E-state index is 0.478. The molecule has 0 aliphatic heterocycles. The normalized spacial score (nSPS) is 10.8. The molecule has 0 bridgehead atoms. The monoisotopic (exact) mass is 326 g/mol. The summed E-state index contributed by atoms with van der Waals surface area (Å²) in [6, 6.07) is 9.81. The van der Waals surface area contributed by atoms with Gasteiger partial charge in [0.05, 0.1) is 5.71 Å². The fraction of sp³-hybridized carbons (Fsp3) is 0.368. The third-order valence-corrected chi connectivity index (χ3v) is 3.83. The second kappa shape index (κ2) is 9.15. The number of aryl methyl sites for hydroxylation is 1. The molecule has 0 unspecified atom stereocenters. The fourth-order valence-electron chi connectivity index (χ4n) is 2.40. The maximum absolute atomic E-state index is 8.40. The van der Waals surface area contributed by atoms with Crippen LogP contribution in [-0.4, -0.2) is 49.3 Å². The zero-order valence-electron chi connectivity index (χ0n) is 14.7. The molecule has 0 saturated heterocycles. The van der Waals surface area contributed by atoms with Gasteiger partial charge in [0, 0.05) is 43.2 Å². The lowest BCUT2D eigenvalue weighted by Crippen LogP contribution is -2.32. The summed E-state index contributed by atoms with van der Waals surface area (Å²) < 4.78 is 5.85. The van der Waals surface area contributed by atoms with E-state index >= 15 is 0 Å². The van der Waals surface area contributed by atoms with Crippen molar-refractivity contribution in [3.8, 4) is 5.75 Å². The molecule has 0 radical (unpaired) electrons. The van der Waals surface area contributed by atoms with E-state index in [0.717, 1.165) is 35.5 Å². The topological polar surface area (TPSA) is 61.2 Å². The second-order valence-electron chi connectivity index (χ2n) is 5.95. The average molecular weight is 326 g/mol. The first kappa shape index (κ1) is 18.1. The molecule has 0 saturated carbocycles. The first-order chi connectivity index (χ1) is 11.6. The Morgan fingerprint density at radius 1 is 1.33 bits per heavy atom. The van der Waals surface area contributed by atoms with Crippen LogP contribution < -0.4 is 10.1 Å². The van der Waals surface area contributed by atoms with Gasteiger partial charge in [0.2, 0.25) is 0 Å². The molecule has 1 heterocycles. The molecular weight excluding hydrogens is 300 g/mol. The molecule has 2 N–H and O–H groups in total. The maximum atomic E-state index is 8.40. The summed E-state index contributed by atoms with van der Waals surface area (Å²) in [4.78, 5) is 6.23. The standard InChI is InChI=1S/C19H26N4O/c1-15-6-7-17(24-14-16-5-4-8-22-12-16)11-18(15)19(20)13-23(3)10-9-21-2/h4-8,11-12,20-21H,9-10,13-14H2,1-3H3. The Hall–Kier alpha value is -2.24. The summed E-state index contributed by atoms with van der Waals surface area (Å²) in [7, 11) is 3.97. The van der Waals surface area contributed by atoms with E-state index in [-0.39, 0.29) is 0 Å². The van der Waals surface area contributed by atoms with Crippen molar-refractivity contribution in [2.24, 2.45) is 0 Å². The van der Waals surface area contributed by atoms with E-state index < -0.39 is 0 Å². The highest BCUT2D eigenvalue weighted by molar-refractivity contribution is 6.01. The van der Waals surface area contributed by atoms with E-state index in [4.69, 9.17) is 10.1 Å². The third-order valence-electron chi connectivity index (χ3n) is 3.83. The zero-order chi connectivity index (χ0) is 17.4. The molecule has 5 heteroatoms. The smallest absolute Gasteiger partial charge is 0.120 e. The van der Waals surface area contributed by atoms with Gasteiger partial charge in [0.25, 0.3) is 0 Å². The molecule has 0 fully saturated rings. The Morgan fingerprint density at radius 2 is 2.17 bits per heavy atom. The number of hydrogen-bond donors (Lipinski definition) is 2. The lowest BCUT2D eigenvalue weighted by molar-refractivity contribution is 0.305. The number of nitrogens with zero attached hydrogens (tertiary/aromatic N) is 2. The van der Waals surface area contributed by atoms with Crippen molar-refractivity contribution < 1.29 is 4.74 Å². The lowest BCUT2D eigenvalue weighted by atomic mass is 10.0. The largest absolute Gasteiger partial charge is 0.489 e. The van der Waals surface area contributed by atoms with Crippen LogP contribution in [0.4, 0.5) is 0 Å². The predicted octanol–water partition coefficient (Wildman–Crippen LogP) is 2.49. The van der Waals surface area contributed by atoms with Crippen LogP contribution in [0, 0.1) is 12.3 Å². The van der Waals surface area contributed by atoms with Gasteiger partial charge in [-0.3, -0.25) is 9.88 Å². The Kier molecular flexibility index (Phi) is 6.90. The molecule has 0 atom stereocenters. The van der Waals surface area contributed by atoms with Crippen LogP contribution >= 0.6 is 0 Å². The number of hydrogen-bond acceptors (Lipinski definition) is 5. The Balaban J connectivity index is 2.01. The third kappa shape index (κ3) is 5.44.